The minimum atomic E-state index is -1.71. The highest BCUT2D eigenvalue weighted by molar-refractivity contribution is 5.36. The second kappa shape index (κ2) is 10.3. The van der Waals surface area contributed by atoms with Gasteiger partial charge in [-0.05, 0) is 12.1 Å². The van der Waals surface area contributed by atoms with Crippen molar-refractivity contribution in [2.45, 2.75) is 61.4 Å². The molecule has 3 rings (SSSR count). The van der Waals surface area contributed by atoms with Crippen LogP contribution in [0.25, 0.3) is 0 Å². The fourth-order valence-electron chi connectivity index (χ4n) is 3.33. The highest BCUT2D eigenvalue weighted by Gasteiger charge is 2.47. The largest absolute Gasteiger partial charge is 0.462 e. The third-order valence-corrected chi connectivity index (χ3v) is 5.24. The maximum atomic E-state index is 10.7. The maximum absolute atomic E-state index is 10.7. The number of ether oxygens (including phenoxy) is 4. The molecule has 2 heterocycles. The van der Waals surface area contributed by atoms with E-state index in [1.807, 2.05) is 0 Å². The molecule has 10 atom stereocenters. The van der Waals surface area contributed by atoms with E-state index in [-0.39, 0.29) is 11.4 Å². The van der Waals surface area contributed by atoms with Gasteiger partial charge in [-0.2, -0.15) is 0 Å². The summed E-state index contributed by atoms with van der Waals surface area (Å²) in [5, 5.41) is 80.1. The van der Waals surface area contributed by atoms with Crippen LogP contribution in [0, 0.1) is 10.1 Å². The number of hydrogen-bond donors (Lipinski definition) is 7. The number of rotatable bonds is 7. The molecule has 0 unspecified atom stereocenters. The molecule has 14 nitrogen and oxygen atoms in total. The van der Waals surface area contributed by atoms with E-state index in [0.717, 1.165) is 12.1 Å². The molecule has 1 aromatic carbocycles. The quantitative estimate of drug-likeness (QED) is 0.155. The molecular weight excluding hydrogens is 438 g/mol. The molecule has 0 amide bonds. The van der Waals surface area contributed by atoms with Crippen LogP contribution in [0.5, 0.6) is 5.75 Å². The van der Waals surface area contributed by atoms with Crippen LogP contribution in [0.1, 0.15) is 0 Å². The molecule has 32 heavy (non-hydrogen) atoms. The lowest BCUT2D eigenvalue weighted by molar-refractivity contribution is -0.384. The van der Waals surface area contributed by atoms with Crippen molar-refractivity contribution in [1.29, 1.82) is 0 Å². The van der Waals surface area contributed by atoms with E-state index in [2.05, 4.69) is 0 Å². The van der Waals surface area contributed by atoms with Gasteiger partial charge in [-0.1, -0.05) is 0 Å². The molecule has 0 spiro atoms. The summed E-state index contributed by atoms with van der Waals surface area (Å²) in [6.45, 7) is -1.17. The third kappa shape index (κ3) is 5.15. The fraction of sp³-hybridized carbons (Fsp3) is 0.667. The molecule has 2 aliphatic rings. The summed E-state index contributed by atoms with van der Waals surface area (Å²) in [6, 6.07) is 4.83. The molecule has 0 aromatic heterocycles. The smallest absolute Gasteiger partial charge is 0.269 e. The van der Waals surface area contributed by atoms with Gasteiger partial charge in [-0.25, -0.2) is 0 Å². The van der Waals surface area contributed by atoms with Crippen molar-refractivity contribution in [3.05, 3.63) is 34.4 Å². The van der Waals surface area contributed by atoms with Crippen molar-refractivity contribution in [3.63, 3.8) is 0 Å². The predicted molar refractivity (Wildman–Crippen MR) is 100 cm³/mol. The first kappa shape index (κ1) is 24.7. The average molecular weight is 463 g/mol. The average Bonchev–Trinajstić information content (AvgIpc) is 2.78. The Kier molecular flexibility index (Phi) is 7.94. The van der Waals surface area contributed by atoms with Crippen molar-refractivity contribution < 1.29 is 59.6 Å². The van der Waals surface area contributed by atoms with E-state index in [1.165, 1.54) is 12.1 Å². The number of aliphatic hydroxyl groups excluding tert-OH is 7. The number of nitrogens with zero attached hydrogens (tertiary/aromatic N) is 1. The van der Waals surface area contributed by atoms with Gasteiger partial charge >= 0.3 is 0 Å². The van der Waals surface area contributed by atoms with E-state index in [0.29, 0.717) is 0 Å². The number of nitro groups is 1. The molecule has 180 valence electrons. The monoisotopic (exact) mass is 463 g/mol. The lowest BCUT2D eigenvalue weighted by Crippen LogP contribution is -2.62. The number of nitro benzene ring substituents is 1. The summed E-state index contributed by atoms with van der Waals surface area (Å²) < 4.78 is 21.4. The van der Waals surface area contributed by atoms with Gasteiger partial charge in [-0.3, -0.25) is 10.1 Å². The summed E-state index contributed by atoms with van der Waals surface area (Å²) in [4.78, 5) is 10.1. The van der Waals surface area contributed by atoms with E-state index in [9.17, 15) is 45.9 Å². The first-order valence-corrected chi connectivity index (χ1v) is 9.67. The molecule has 0 saturated carbocycles. The minimum absolute atomic E-state index is 0.0804. The fourth-order valence-corrected chi connectivity index (χ4v) is 3.33. The summed E-state index contributed by atoms with van der Waals surface area (Å²) in [7, 11) is 0. The Morgan fingerprint density at radius 3 is 1.91 bits per heavy atom. The molecule has 0 radical (unpaired) electrons. The summed E-state index contributed by atoms with van der Waals surface area (Å²) in [5.74, 6) is 0.0804. The van der Waals surface area contributed by atoms with Gasteiger partial charge in [0.25, 0.3) is 5.69 Å². The number of non-ortho nitro benzene ring substituents is 1. The topological polar surface area (TPSA) is 222 Å². The molecular formula is C18H25NO13. The Morgan fingerprint density at radius 2 is 1.34 bits per heavy atom. The van der Waals surface area contributed by atoms with Gasteiger partial charge in [0, 0.05) is 12.1 Å². The van der Waals surface area contributed by atoms with E-state index in [4.69, 9.17) is 18.9 Å². The number of hydrogen-bond acceptors (Lipinski definition) is 13. The Hall–Kier alpha value is -1.98. The van der Waals surface area contributed by atoms with Crippen LogP contribution in [0.2, 0.25) is 0 Å². The van der Waals surface area contributed by atoms with Crippen molar-refractivity contribution in [2.24, 2.45) is 0 Å². The van der Waals surface area contributed by atoms with Gasteiger partial charge in [0.1, 0.15) is 54.6 Å². The standard InChI is InChI=1S/C18H25NO13/c20-5-9-11(21)13(23)15(25)17(31-9)29-6-10-12(22)14(24)16(26)18(32-10)30-8-3-1-7(2-4-8)19(27)28/h1-4,9-18,20-26H,5-6H2/t9-,10-,11+,12+,13+,14+,15-,16-,17-,18-/m1/s1. The van der Waals surface area contributed by atoms with Crippen LogP contribution >= 0.6 is 0 Å². The summed E-state index contributed by atoms with van der Waals surface area (Å²) in [6.07, 6.45) is -15.4. The second-order valence-electron chi connectivity index (χ2n) is 7.41. The van der Waals surface area contributed by atoms with Crippen molar-refractivity contribution in [3.8, 4) is 5.75 Å². The zero-order valence-electron chi connectivity index (χ0n) is 16.5. The first-order chi connectivity index (χ1) is 15.1. The Bertz CT molecular complexity index is 762. The highest BCUT2D eigenvalue weighted by atomic mass is 16.7. The SMILES string of the molecule is O=[N+]([O-])c1ccc(O[C@@H]2O[C@H](CO[C@@H]3O[C@H](CO)[C@H](O)[C@H](O)[C@H]3O)[C@H](O)[C@H](O)[C@H]2O)cc1. The normalized spacial score (nSPS) is 40.1. The van der Waals surface area contributed by atoms with E-state index >= 15 is 0 Å². The van der Waals surface area contributed by atoms with E-state index in [1.54, 1.807) is 0 Å². The first-order valence-electron chi connectivity index (χ1n) is 9.67. The Balaban J connectivity index is 1.64. The van der Waals surface area contributed by atoms with Crippen molar-refractivity contribution in [2.75, 3.05) is 13.2 Å². The lowest BCUT2D eigenvalue weighted by atomic mass is 9.98. The van der Waals surface area contributed by atoms with Crippen LogP contribution in [0.4, 0.5) is 5.69 Å². The van der Waals surface area contributed by atoms with Gasteiger partial charge in [0.2, 0.25) is 6.29 Å². The molecule has 2 aliphatic heterocycles. The van der Waals surface area contributed by atoms with Crippen molar-refractivity contribution >= 4 is 5.69 Å². The molecule has 0 bridgehead atoms. The van der Waals surface area contributed by atoms with Gasteiger partial charge in [-0.15, -0.1) is 0 Å². The highest BCUT2D eigenvalue weighted by Crippen LogP contribution is 2.27. The zero-order valence-corrected chi connectivity index (χ0v) is 16.5. The van der Waals surface area contributed by atoms with Gasteiger partial charge in [0.05, 0.1) is 18.1 Å². The summed E-state index contributed by atoms with van der Waals surface area (Å²) >= 11 is 0. The van der Waals surface area contributed by atoms with Crippen LogP contribution in [0.3, 0.4) is 0 Å². The lowest BCUT2D eigenvalue weighted by Gasteiger charge is -2.42. The van der Waals surface area contributed by atoms with Crippen molar-refractivity contribution in [1.82, 2.24) is 0 Å². The van der Waals surface area contributed by atoms with Crippen LogP contribution in [-0.4, -0.2) is 115 Å². The maximum Gasteiger partial charge on any atom is 0.269 e. The van der Waals surface area contributed by atoms with Gasteiger partial charge < -0.3 is 54.7 Å². The number of benzene rings is 1. The minimum Gasteiger partial charge on any atom is -0.462 e. The van der Waals surface area contributed by atoms with Crippen LogP contribution in [-0.2, 0) is 14.2 Å². The molecule has 14 heteroatoms. The van der Waals surface area contributed by atoms with Gasteiger partial charge in [0.15, 0.2) is 6.29 Å². The predicted octanol–water partition coefficient (Wildman–Crippen LogP) is -3.40. The van der Waals surface area contributed by atoms with Crippen LogP contribution in [0.15, 0.2) is 24.3 Å². The molecule has 0 aliphatic carbocycles. The Morgan fingerprint density at radius 1 is 0.812 bits per heavy atom. The number of aliphatic hydroxyl groups is 7. The molecule has 7 N–H and O–H groups in total. The Labute approximate surface area is 180 Å². The van der Waals surface area contributed by atoms with E-state index < -0.39 is 79.5 Å². The summed E-state index contributed by atoms with van der Waals surface area (Å²) in [5.41, 5.74) is -0.191. The second-order valence-corrected chi connectivity index (χ2v) is 7.41. The zero-order chi connectivity index (χ0) is 23.6. The molecule has 1 aromatic rings. The molecule has 2 saturated heterocycles. The van der Waals surface area contributed by atoms with Crippen LogP contribution < -0.4 is 4.74 Å². The molecule has 2 fully saturated rings. The third-order valence-electron chi connectivity index (χ3n) is 5.24.